The third-order valence-electron chi connectivity index (χ3n) is 4.01. The van der Waals surface area contributed by atoms with Gasteiger partial charge in [0.1, 0.15) is 0 Å². The molecule has 2 aromatic heterocycles. The molecule has 1 aliphatic heterocycles. The largest absolute Gasteiger partial charge is 0.475 e. The van der Waals surface area contributed by atoms with Crippen LogP contribution in [0.25, 0.3) is 0 Å². The van der Waals surface area contributed by atoms with Gasteiger partial charge in [0.15, 0.2) is 5.69 Å². The van der Waals surface area contributed by atoms with E-state index in [0.717, 1.165) is 12.8 Å². The van der Waals surface area contributed by atoms with Gasteiger partial charge in [-0.25, -0.2) is 9.97 Å². The Bertz CT molecular complexity index is 703. The Kier molecular flexibility index (Phi) is 5.04. The number of hydrogen-bond acceptors (Lipinski definition) is 4. The summed E-state index contributed by atoms with van der Waals surface area (Å²) >= 11 is 6.20. The van der Waals surface area contributed by atoms with Crippen LogP contribution in [0, 0.1) is 0 Å². The number of piperidine rings is 1. The summed E-state index contributed by atoms with van der Waals surface area (Å²) in [7, 11) is 0. The molecule has 1 atom stereocenters. The van der Waals surface area contributed by atoms with E-state index in [-0.39, 0.29) is 23.7 Å². The van der Waals surface area contributed by atoms with Crippen LogP contribution in [0.1, 0.15) is 43.2 Å². The Labute approximate surface area is 146 Å². The van der Waals surface area contributed by atoms with E-state index in [1.165, 1.54) is 0 Å². The lowest BCUT2D eigenvalue weighted by Crippen LogP contribution is -2.41. The zero-order chi connectivity index (χ0) is 17.1. The van der Waals surface area contributed by atoms with Crippen molar-refractivity contribution in [3.63, 3.8) is 0 Å². The van der Waals surface area contributed by atoms with E-state index in [1.54, 1.807) is 24.7 Å². The summed E-state index contributed by atoms with van der Waals surface area (Å²) in [5.41, 5.74) is 0.251. The lowest BCUT2D eigenvalue weighted by atomic mass is 10.1. The summed E-state index contributed by atoms with van der Waals surface area (Å²) < 4.78 is 7.62. The van der Waals surface area contributed by atoms with Crippen molar-refractivity contribution >= 4 is 17.5 Å². The quantitative estimate of drug-likeness (QED) is 0.851. The first kappa shape index (κ1) is 16.8. The standard InChI is InChI=1S/C17H21ClN4O2/c1-12(2)24-15-6-5-14(18)16(20-15)17(23)21-8-3-4-13(10-21)22-9-7-19-11-22/h5-7,9,11-13H,3-4,8,10H2,1-2H3. The molecular formula is C17H21ClN4O2. The number of likely N-dealkylation sites (tertiary alicyclic amines) is 1. The molecular weight excluding hydrogens is 328 g/mol. The van der Waals surface area contributed by atoms with Crippen molar-refractivity contribution in [3.8, 4) is 5.88 Å². The molecule has 0 bridgehead atoms. The lowest BCUT2D eigenvalue weighted by molar-refractivity contribution is 0.0672. The van der Waals surface area contributed by atoms with Crippen LogP contribution in [0.15, 0.2) is 30.9 Å². The van der Waals surface area contributed by atoms with Crippen LogP contribution in [-0.2, 0) is 0 Å². The van der Waals surface area contributed by atoms with Crippen LogP contribution in [0.2, 0.25) is 5.02 Å². The van der Waals surface area contributed by atoms with E-state index in [9.17, 15) is 4.79 Å². The molecule has 1 saturated heterocycles. The molecule has 0 spiro atoms. The number of nitrogens with zero attached hydrogens (tertiary/aromatic N) is 4. The summed E-state index contributed by atoms with van der Waals surface area (Å²) in [6.45, 7) is 5.16. The molecule has 1 unspecified atom stereocenters. The van der Waals surface area contributed by atoms with Crippen molar-refractivity contribution in [1.82, 2.24) is 19.4 Å². The highest BCUT2D eigenvalue weighted by Gasteiger charge is 2.27. The van der Waals surface area contributed by atoms with Gasteiger partial charge in [-0.1, -0.05) is 11.6 Å². The third kappa shape index (κ3) is 3.70. The zero-order valence-corrected chi connectivity index (χ0v) is 14.6. The molecule has 24 heavy (non-hydrogen) atoms. The molecule has 0 radical (unpaired) electrons. The minimum Gasteiger partial charge on any atom is -0.475 e. The smallest absolute Gasteiger partial charge is 0.274 e. The topological polar surface area (TPSA) is 60.2 Å². The van der Waals surface area contributed by atoms with E-state index in [0.29, 0.717) is 24.0 Å². The maximum Gasteiger partial charge on any atom is 0.274 e. The van der Waals surface area contributed by atoms with Crippen molar-refractivity contribution in [2.45, 2.75) is 38.8 Å². The van der Waals surface area contributed by atoms with Crippen molar-refractivity contribution in [2.24, 2.45) is 0 Å². The molecule has 3 rings (SSSR count). The number of amides is 1. The number of imidazole rings is 1. The van der Waals surface area contributed by atoms with Gasteiger partial charge < -0.3 is 14.2 Å². The second-order valence-corrected chi connectivity index (χ2v) is 6.61. The minimum atomic E-state index is -0.154. The SMILES string of the molecule is CC(C)Oc1ccc(Cl)c(C(=O)N2CCCC(n3ccnc3)C2)n1. The lowest BCUT2D eigenvalue weighted by Gasteiger charge is -2.33. The molecule has 0 aliphatic carbocycles. The molecule has 0 N–H and O–H groups in total. The fourth-order valence-electron chi connectivity index (χ4n) is 2.90. The monoisotopic (exact) mass is 348 g/mol. The minimum absolute atomic E-state index is 0.0118. The van der Waals surface area contributed by atoms with Crippen LogP contribution in [0.3, 0.4) is 0 Å². The number of halogens is 1. The zero-order valence-electron chi connectivity index (χ0n) is 13.9. The van der Waals surface area contributed by atoms with Gasteiger partial charge in [0.25, 0.3) is 5.91 Å². The van der Waals surface area contributed by atoms with Crippen LogP contribution in [-0.4, -0.2) is 44.5 Å². The first-order valence-corrected chi connectivity index (χ1v) is 8.52. The average Bonchev–Trinajstić information content (AvgIpc) is 3.10. The number of hydrogen-bond donors (Lipinski definition) is 0. The number of ether oxygens (including phenoxy) is 1. The fourth-order valence-corrected chi connectivity index (χ4v) is 3.09. The first-order chi connectivity index (χ1) is 11.5. The highest BCUT2D eigenvalue weighted by molar-refractivity contribution is 6.33. The molecule has 3 heterocycles. The van der Waals surface area contributed by atoms with E-state index >= 15 is 0 Å². The second-order valence-electron chi connectivity index (χ2n) is 6.20. The van der Waals surface area contributed by atoms with Crippen molar-refractivity contribution < 1.29 is 9.53 Å². The van der Waals surface area contributed by atoms with Gasteiger partial charge >= 0.3 is 0 Å². The van der Waals surface area contributed by atoms with Gasteiger partial charge in [-0.05, 0) is 32.8 Å². The average molecular weight is 349 g/mol. The van der Waals surface area contributed by atoms with Gasteiger partial charge in [0.05, 0.1) is 23.5 Å². The Hall–Kier alpha value is -2.08. The van der Waals surface area contributed by atoms with E-state index in [1.807, 2.05) is 29.5 Å². The Morgan fingerprint density at radius 2 is 2.25 bits per heavy atom. The molecule has 2 aromatic rings. The molecule has 0 aromatic carbocycles. The van der Waals surface area contributed by atoms with E-state index < -0.39 is 0 Å². The summed E-state index contributed by atoms with van der Waals surface area (Å²) in [4.78, 5) is 23.1. The number of carbonyl (C=O) groups excluding carboxylic acids is 1. The van der Waals surface area contributed by atoms with Crippen LogP contribution in [0.4, 0.5) is 0 Å². The molecule has 7 heteroatoms. The summed E-state index contributed by atoms with van der Waals surface area (Å²) in [5, 5.41) is 0.348. The Balaban J connectivity index is 1.78. The van der Waals surface area contributed by atoms with Gasteiger partial charge in [-0.15, -0.1) is 0 Å². The van der Waals surface area contributed by atoms with Gasteiger partial charge in [0.2, 0.25) is 5.88 Å². The molecule has 6 nitrogen and oxygen atoms in total. The molecule has 128 valence electrons. The number of aromatic nitrogens is 3. The van der Waals surface area contributed by atoms with Gasteiger partial charge in [0, 0.05) is 31.5 Å². The molecule has 0 saturated carbocycles. The van der Waals surface area contributed by atoms with Crippen LogP contribution < -0.4 is 4.74 Å². The highest BCUT2D eigenvalue weighted by atomic mass is 35.5. The van der Waals surface area contributed by atoms with E-state index in [4.69, 9.17) is 16.3 Å². The van der Waals surface area contributed by atoms with E-state index in [2.05, 4.69) is 9.97 Å². The summed E-state index contributed by atoms with van der Waals surface area (Å²) in [5.74, 6) is 0.264. The number of pyridine rings is 1. The summed E-state index contributed by atoms with van der Waals surface area (Å²) in [6.07, 6.45) is 7.43. The molecule has 1 aliphatic rings. The maximum absolute atomic E-state index is 12.9. The fraction of sp³-hybridized carbons (Fsp3) is 0.471. The number of rotatable bonds is 4. The van der Waals surface area contributed by atoms with Crippen molar-refractivity contribution in [3.05, 3.63) is 41.6 Å². The highest BCUT2D eigenvalue weighted by Crippen LogP contribution is 2.25. The second kappa shape index (κ2) is 7.21. The molecule has 1 fully saturated rings. The van der Waals surface area contributed by atoms with Gasteiger partial charge in [-0.2, -0.15) is 0 Å². The summed E-state index contributed by atoms with van der Waals surface area (Å²) in [6, 6.07) is 3.58. The molecule has 1 amide bonds. The normalized spacial score (nSPS) is 18.0. The predicted octanol–water partition coefficient (Wildman–Crippen LogP) is 3.20. The van der Waals surface area contributed by atoms with Crippen molar-refractivity contribution in [1.29, 1.82) is 0 Å². The van der Waals surface area contributed by atoms with Crippen molar-refractivity contribution in [2.75, 3.05) is 13.1 Å². The Morgan fingerprint density at radius 1 is 1.42 bits per heavy atom. The number of carbonyl (C=O) groups is 1. The predicted molar refractivity (Wildman–Crippen MR) is 91.4 cm³/mol. The van der Waals surface area contributed by atoms with Crippen LogP contribution >= 0.6 is 11.6 Å². The van der Waals surface area contributed by atoms with Gasteiger partial charge in [-0.3, -0.25) is 4.79 Å². The van der Waals surface area contributed by atoms with Crippen LogP contribution in [0.5, 0.6) is 5.88 Å². The maximum atomic E-state index is 12.9. The Morgan fingerprint density at radius 3 is 2.96 bits per heavy atom. The third-order valence-corrected chi connectivity index (χ3v) is 4.31. The first-order valence-electron chi connectivity index (χ1n) is 8.14.